The molecular formula is C22H26F3N5. The topological polar surface area (TPSA) is 65.6 Å². The van der Waals surface area contributed by atoms with Crippen LogP contribution in [-0.2, 0) is 19.1 Å². The van der Waals surface area contributed by atoms with Crippen molar-refractivity contribution in [1.82, 2.24) is 25.6 Å². The molecule has 1 unspecified atom stereocenters. The number of aromatic nitrogens is 3. The van der Waals surface area contributed by atoms with Crippen molar-refractivity contribution in [2.45, 2.75) is 50.9 Å². The van der Waals surface area contributed by atoms with Crippen LogP contribution in [-0.4, -0.2) is 28.0 Å². The number of H-pyrrole nitrogens is 1. The number of aryl methyl sites for hydroxylation is 1. The molecule has 4 rings (SSSR count). The molecule has 1 aromatic carbocycles. The van der Waals surface area contributed by atoms with Crippen LogP contribution in [0, 0.1) is 0 Å². The molecule has 3 aromatic rings. The molecule has 8 heteroatoms. The molecule has 160 valence electrons. The third-order valence-corrected chi connectivity index (χ3v) is 5.52. The fourth-order valence-electron chi connectivity index (χ4n) is 3.99. The lowest BCUT2D eigenvalue weighted by molar-refractivity contribution is -0.137. The summed E-state index contributed by atoms with van der Waals surface area (Å²) in [6.45, 7) is 2.27. The van der Waals surface area contributed by atoms with Gasteiger partial charge in [-0.1, -0.05) is 6.07 Å². The number of hydrogen-bond acceptors (Lipinski definition) is 4. The number of hydrogen-bond donors (Lipinski definition) is 3. The van der Waals surface area contributed by atoms with Crippen LogP contribution in [0.2, 0.25) is 0 Å². The molecule has 0 fully saturated rings. The minimum absolute atomic E-state index is 0.347. The van der Waals surface area contributed by atoms with Crippen molar-refractivity contribution in [3.63, 3.8) is 0 Å². The molecule has 0 radical (unpaired) electrons. The Kier molecular flexibility index (Phi) is 6.34. The smallest absolute Gasteiger partial charge is 0.341 e. The van der Waals surface area contributed by atoms with Crippen molar-refractivity contribution >= 4 is 11.0 Å². The molecule has 2 aromatic heterocycles. The molecule has 0 aliphatic heterocycles. The zero-order valence-electron chi connectivity index (χ0n) is 16.7. The van der Waals surface area contributed by atoms with E-state index < -0.39 is 11.7 Å². The van der Waals surface area contributed by atoms with Crippen molar-refractivity contribution in [3.05, 3.63) is 59.2 Å². The van der Waals surface area contributed by atoms with Gasteiger partial charge in [-0.3, -0.25) is 4.98 Å². The van der Waals surface area contributed by atoms with E-state index in [1.807, 2.05) is 12.3 Å². The molecule has 1 aliphatic carbocycles. The molecule has 3 N–H and O–H groups in total. The van der Waals surface area contributed by atoms with E-state index in [1.165, 1.54) is 23.7 Å². The summed E-state index contributed by atoms with van der Waals surface area (Å²) in [6, 6.07) is 8.09. The van der Waals surface area contributed by atoms with Gasteiger partial charge in [0.25, 0.3) is 0 Å². The highest BCUT2D eigenvalue weighted by Gasteiger charge is 2.30. The zero-order chi connectivity index (χ0) is 21.0. The highest BCUT2D eigenvalue weighted by molar-refractivity contribution is 5.76. The van der Waals surface area contributed by atoms with Crippen LogP contribution in [0.3, 0.4) is 0 Å². The second-order valence-electron chi connectivity index (χ2n) is 7.74. The minimum Gasteiger partial charge on any atom is -0.341 e. The van der Waals surface area contributed by atoms with Gasteiger partial charge >= 0.3 is 6.18 Å². The Morgan fingerprint density at radius 2 is 2.00 bits per heavy atom. The standard InChI is InChI=1S/C22H26F3N5/c23-22(24,25)16-8-9-17-19(13-16)30-20(29-17)14-26-10-1-2-11-27-18-7-3-5-15-6-4-12-28-21(15)18/h4,6,8-9,12-13,18,26-27H,1-3,5,7,10-11,14H2,(H,29,30). The largest absolute Gasteiger partial charge is 0.416 e. The first-order valence-corrected chi connectivity index (χ1v) is 10.4. The first-order valence-electron chi connectivity index (χ1n) is 10.4. The van der Waals surface area contributed by atoms with Crippen molar-refractivity contribution < 1.29 is 13.2 Å². The molecule has 1 aliphatic rings. The number of halogens is 3. The Morgan fingerprint density at radius 1 is 1.13 bits per heavy atom. The number of rotatable bonds is 8. The predicted molar refractivity (Wildman–Crippen MR) is 110 cm³/mol. The Labute approximate surface area is 173 Å². The number of benzene rings is 1. The molecule has 2 heterocycles. The lowest BCUT2D eigenvalue weighted by Crippen LogP contribution is -2.27. The Balaban J connectivity index is 1.17. The molecule has 0 saturated carbocycles. The summed E-state index contributed by atoms with van der Waals surface area (Å²) in [5, 5.41) is 6.93. The molecular weight excluding hydrogens is 391 g/mol. The quantitative estimate of drug-likeness (QED) is 0.472. The van der Waals surface area contributed by atoms with Crippen LogP contribution in [0.15, 0.2) is 36.5 Å². The van der Waals surface area contributed by atoms with E-state index in [9.17, 15) is 13.2 Å². The molecule has 5 nitrogen and oxygen atoms in total. The highest BCUT2D eigenvalue weighted by atomic mass is 19.4. The highest BCUT2D eigenvalue weighted by Crippen LogP contribution is 2.31. The van der Waals surface area contributed by atoms with Crippen LogP contribution in [0.25, 0.3) is 11.0 Å². The Bertz CT molecular complexity index is 982. The SMILES string of the molecule is FC(F)(F)c1ccc2nc(CNCCCCNC3CCCc4cccnc43)[nH]c2c1. The van der Waals surface area contributed by atoms with Crippen LogP contribution >= 0.6 is 0 Å². The van der Waals surface area contributed by atoms with Crippen LogP contribution in [0.4, 0.5) is 13.2 Å². The molecule has 0 saturated heterocycles. The van der Waals surface area contributed by atoms with Gasteiger partial charge in [0, 0.05) is 12.2 Å². The Morgan fingerprint density at radius 3 is 2.87 bits per heavy atom. The van der Waals surface area contributed by atoms with Crippen LogP contribution in [0.1, 0.15) is 54.4 Å². The molecule has 0 spiro atoms. The summed E-state index contributed by atoms with van der Waals surface area (Å²) in [5.74, 6) is 0.646. The van der Waals surface area contributed by atoms with Gasteiger partial charge in [-0.2, -0.15) is 13.2 Å². The maximum atomic E-state index is 12.8. The average molecular weight is 417 g/mol. The van der Waals surface area contributed by atoms with E-state index in [4.69, 9.17) is 0 Å². The van der Waals surface area contributed by atoms with Gasteiger partial charge in [0.05, 0.1) is 28.8 Å². The number of fused-ring (bicyclic) bond motifs is 2. The fraction of sp³-hybridized carbons (Fsp3) is 0.455. The minimum atomic E-state index is -4.35. The van der Waals surface area contributed by atoms with E-state index in [2.05, 4.69) is 31.7 Å². The first kappa shape index (κ1) is 20.8. The third kappa shape index (κ3) is 4.99. The second-order valence-corrected chi connectivity index (χ2v) is 7.74. The second kappa shape index (κ2) is 9.14. The van der Waals surface area contributed by atoms with Gasteiger partial charge in [0.15, 0.2) is 0 Å². The molecule has 0 amide bonds. The van der Waals surface area contributed by atoms with E-state index >= 15 is 0 Å². The summed E-state index contributed by atoms with van der Waals surface area (Å²) in [7, 11) is 0. The zero-order valence-corrected chi connectivity index (χ0v) is 16.7. The molecule has 0 bridgehead atoms. The predicted octanol–water partition coefficient (Wildman–Crippen LogP) is 4.51. The maximum absolute atomic E-state index is 12.8. The number of alkyl halides is 3. The lowest BCUT2D eigenvalue weighted by Gasteiger charge is -2.25. The van der Waals surface area contributed by atoms with Crippen molar-refractivity contribution in [1.29, 1.82) is 0 Å². The van der Waals surface area contributed by atoms with Crippen molar-refractivity contribution in [2.24, 2.45) is 0 Å². The van der Waals surface area contributed by atoms with Crippen molar-refractivity contribution in [2.75, 3.05) is 13.1 Å². The van der Waals surface area contributed by atoms with Gasteiger partial charge < -0.3 is 15.6 Å². The van der Waals surface area contributed by atoms with Gasteiger partial charge in [-0.15, -0.1) is 0 Å². The average Bonchev–Trinajstić information content (AvgIpc) is 3.14. The van der Waals surface area contributed by atoms with Gasteiger partial charge in [0.2, 0.25) is 0 Å². The molecule has 30 heavy (non-hydrogen) atoms. The van der Waals surface area contributed by atoms with Crippen LogP contribution < -0.4 is 10.6 Å². The van der Waals surface area contributed by atoms with E-state index in [-0.39, 0.29) is 0 Å². The maximum Gasteiger partial charge on any atom is 0.416 e. The third-order valence-electron chi connectivity index (χ3n) is 5.52. The number of unbranched alkanes of at least 4 members (excludes halogenated alkanes) is 1. The summed E-state index contributed by atoms with van der Waals surface area (Å²) in [6.07, 6.45) is 3.01. The fourth-order valence-corrected chi connectivity index (χ4v) is 3.99. The Hall–Kier alpha value is -2.45. The summed E-state index contributed by atoms with van der Waals surface area (Å²) >= 11 is 0. The number of nitrogens with one attached hydrogen (secondary N) is 3. The summed E-state index contributed by atoms with van der Waals surface area (Å²) < 4.78 is 38.4. The number of pyridine rings is 1. The van der Waals surface area contributed by atoms with Gasteiger partial charge in [0.1, 0.15) is 5.82 Å². The van der Waals surface area contributed by atoms with Crippen LogP contribution in [0.5, 0.6) is 0 Å². The van der Waals surface area contributed by atoms with Gasteiger partial charge in [-0.25, -0.2) is 4.98 Å². The monoisotopic (exact) mass is 417 g/mol. The normalized spacial score (nSPS) is 16.7. The van der Waals surface area contributed by atoms with Crippen molar-refractivity contribution in [3.8, 4) is 0 Å². The van der Waals surface area contributed by atoms with E-state index in [0.29, 0.717) is 29.4 Å². The van der Waals surface area contributed by atoms with E-state index in [1.54, 1.807) is 0 Å². The number of aromatic amines is 1. The summed E-state index contributed by atoms with van der Waals surface area (Å²) in [5.41, 5.74) is 2.84. The molecule has 1 atom stereocenters. The summed E-state index contributed by atoms with van der Waals surface area (Å²) in [4.78, 5) is 11.9. The van der Waals surface area contributed by atoms with E-state index in [0.717, 1.165) is 50.9 Å². The first-order chi connectivity index (χ1) is 14.5. The van der Waals surface area contributed by atoms with Gasteiger partial charge in [-0.05, 0) is 75.0 Å². The number of nitrogens with zero attached hydrogens (tertiary/aromatic N) is 2. The lowest BCUT2D eigenvalue weighted by atomic mass is 9.92. The number of imidazole rings is 1.